The van der Waals surface area contributed by atoms with Crippen molar-refractivity contribution < 1.29 is 4.74 Å². The minimum absolute atomic E-state index is 0.374. The van der Waals surface area contributed by atoms with Crippen molar-refractivity contribution in [2.45, 2.75) is 70.9 Å². The second kappa shape index (κ2) is 6.61. The summed E-state index contributed by atoms with van der Waals surface area (Å²) in [6.45, 7) is 9.52. The molecule has 2 heteroatoms. The first-order valence-electron chi connectivity index (χ1n) is 6.88. The van der Waals surface area contributed by atoms with Crippen LogP contribution in [0.4, 0.5) is 0 Å². The van der Waals surface area contributed by atoms with E-state index in [2.05, 4.69) is 25.7 Å². The zero-order chi connectivity index (χ0) is 12.0. The first-order chi connectivity index (χ1) is 7.60. The van der Waals surface area contributed by atoms with E-state index in [0.717, 1.165) is 0 Å². The van der Waals surface area contributed by atoms with Gasteiger partial charge in [-0.05, 0) is 46.1 Å². The van der Waals surface area contributed by atoms with E-state index in [1.165, 1.54) is 51.6 Å². The van der Waals surface area contributed by atoms with E-state index in [-0.39, 0.29) is 0 Å². The predicted octanol–water partition coefficient (Wildman–Crippen LogP) is 3.46. The van der Waals surface area contributed by atoms with Gasteiger partial charge in [0.15, 0.2) is 0 Å². The highest BCUT2D eigenvalue weighted by Crippen LogP contribution is 2.25. The van der Waals surface area contributed by atoms with Crippen LogP contribution in [0.15, 0.2) is 0 Å². The van der Waals surface area contributed by atoms with E-state index in [1.807, 2.05) is 7.11 Å². The number of methoxy groups -OCH3 is 1. The Kier molecular flexibility index (Phi) is 5.77. The van der Waals surface area contributed by atoms with E-state index in [4.69, 9.17) is 4.74 Å². The van der Waals surface area contributed by atoms with Gasteiger partial charge in [0, 0.05) is 19.2 Å². The van der Waals surface area contributed by atoms with Crippen molar-refractivity contribution in [2.24, 2.45) is 0 Å². The second-order valence-corrected chi connectivity index (χ2v) is 5.69. The van der Waals surface area contributed by atoms with Crippen LogP contribution in [0.3, 0.4) is 0 Å². The molecule has 0 aliphatic carbocycles. The normalized spacial score (nSPS) is 24.4. The van der Waals surface area contributed by atoms with Gasteiger partial charge in [0.25, 0.3) is 0 Å². The molecule has 0 aromatic carbocycles. The third-order valence-corrected chi connectivity index (χ3v) is 4.01. The Balaban J connectivity index is 2.46. The van der Waals surface area contributed by atoms with E-state index >= 15 is 0 Å². The molecule has 0 spiro atoms. The van der Waals surface area contributed by atoms with Gasteiger partial charge >= 0.3 is 0 Å². The third kappa shape index (κ3) is 4.06. The maximum absolute atomic E-state index is 5.49. The van der Waals surface area contributed by atoms with Crippen LogP contribution in [0.25, 0.3) is 0 Å². The fourth-order valence-electron chi connectivity index (χ4n) is 2.67. The van der Waals surface area contributed by atoms with Crippen LogP contribution in [0.2, 0.25) is 0 Å². The molecule has 0 saturated carbocycles. The SMILES string of the molecule is CCCCC(C)(C)N1CCCC(OC)CC1. The summed E-state index contributed by atoms with van der Waals surface area (Å²) in [5.41, 5.74) is 0.374. The lowest BCUT2D eigenvalue weighted by Crippen LogP contribution is -2.44. The second-order valence-electron chi connectivity index (χ2n) is 5.69. The van der Waals surface area contributed by atoms with E-state index < -0.39 is 0 Å². The Hall–Kier alpha value is -0.0800. The molecular weight excluding hydrogens is 198 g/mol. The molecule has 96 valence electrons. The van der Waals surface area contributed by atoms with Crippen molar-refractivity contribution in [1.82, 2.24) is 4.90 Å². The summed E-state index contributed by atoms with van der Waals surface area (Å²) in [5, 5.41) is 0. The van der Waals surface area contributed by atoms with Crippen molar-refractivity contribution in [3.63, 3.8) is 0 Å². The van der Waals surface area contributed by atoms with Gasteiger partial charge < -0.3 is 4.74 Å². The molecule has 16 heavy (non-hydrogen) atoms. The zero-order valence-electron chi connectivity index (χ0n) is 11.6. The van der Waals surface area contributed by atoms with Gasteiger partial charge in [-0.15, -0.1) is 0 Å². The number of unbranched alkanes of at least 4 members (excludes halogenated alkanes) is 1. The van der Waals surface area contributed by atoms with Crippen molar-refractivity contribution in [1.29, 1.82) is 0 Å². The molecule has 0 amide bonds. The highest BCUT2D eigenvalue weighted by molar-refractivity contribution is 4.84. The minimum atomic E-state index is 0.374. The van der Waals surface area contributed by atoms with Crippen LogP contribution >= 0.6 is 0 Å². The first kappa shape index (κ1) is 14.0. The molecule has 0 N–H and O–H groups in total. The predicted molar refractivity (Wildman–Crippen MR) is 69.8 cm³/mol. The molecule has 1 saturated heterocycles. The smallest absolute Gasteiger partial charge is 0.0584 e. The molecule has 1 aliphatic heterocycles. The van der Waals surface area contributed by atoms with Gasteiger partial charge in [0.05, 0.1) is 6.10 Å². The topological polar surface area (TPSA) is 12.5 Å². The van der Waals surface area contributed by atoms with Gasteiger partial charge in [-0.25, -0.2) is 0 Å². The summed E-state index contributed by atoms with van der Waals surface area (Å²) in [6.07, 6.45) is 8.18. The Bertz CT molecular complexity index is 191. The molecule has 0 aromatic rings. The number of ether oxygens (including phenoxy) is 1. The Morgan fingerprint density at radius 2 is 2.00 bits per heavy atom. The molecule has 1 unspecified atom stereocenters. The summed E-state index contributed by atoms with van der Waals surface area (Å²) in [7, 11) is 1.85. The summed E-state index contributed by atoms with van der Waals surface area (Å²) in [4.78, 5) is 2.67. The Morgan fingerprint density at radius 3 is 2.62 bits per heavy atom. The van der Waals surface area contributed by atoms with Gasteiger partial charge in [0.2, 0.25) is 0 Å². The summed E-state index contributed by atoms with van der Waals surface area (Å²) in [5.74, 6) is 0. The minimum Gasteiger partial charge on any atom is -0.381 e. The van der Waals surface area contributed by atoms with Gasteiger partial charge in [-0.1, -0.05) is 19.8 Å². The molecule has 0 radical (unpaired) electrons. The lowest BCUT2D eigenvalue weighted by Gasteiger charge is -2.38. The molecule has 0 bridgehead atoms. The van der Waals surface area contributed by atoms with Crippen molar-refractivity contribution >= 4 is 0 Å². The monoisotopic (exact) mass is 227 g/mol. The number of hydrogen-bond donors (Lipinski definition) is 0. The van der Waals surface area contributed by atoms with Crippen LogP contribution in [-0.2, 0) is 4.74 Å². The third-order valence-electron chi connectivity index (χ3n) is 4.01. The van der Waals surface area contributed by atoms with Crippen LogP contribution in [0, 0.1) is 0 Å². The Labute approximate surface area is 101 Å². The molecule has 0 aromatic heterocycles. The number of nitrogens with zero attached hydrogens (tertiary/aromatic N) is 1. The zero-order valence-corrected chi connectivity index (χ0v) is 11.6. The van der Waals surface area contributed by atoms with E-state index in [1.54, 1.807) is 0 Å². The number of rotatable bonds is 5. The van der Waals surface area contributed by atoms with Crippen LogP contribution in [0.1, 0.15) is 59.3 Å². The Morgan fingerprint density at radius 1 is 1.25 bits per heavy atom. The molecule has 1 atom stereocenters. The summed E-state index contributed by atoms with van der Waals surface area (Å²) < 4.78 is 5.49. The van der Waals surface area contributed by atoms with Crippen molar-refractivity contribution in [2.75, 3.05) is 20.2 Å². The molecule has 1 heterocycles. The van der Waals surface area contributed by atoms with Gasteiger partial charge in [-0.3, -0.25) is 4.90 Å². The summed E-state index contributed by atoms with van der Waals surface area (Å²) >= 11 is 0. The molecule has 1 rings (SSSR count). The lowest BCUT2D eigenvalue weighted by molar-refractivity contribution is 0.0770. The van der Waals surface area contributed by atoms with Crippen LogP contribution in [-0.4, -0.2) is 36.7 Å². The fraction of sp³-hybridized carbons (Fsp3) is 1.00. The van der Waals surface area contributed by atoms with Crippen molar-refractivity contribution in [3.05, 3.63) is 0 Å². The quantitative estimate of drug-likeness (QED) is 0.713. The van der Waals surface area contributed by atoms with E-state index in [0.29, 0.717) is 11.6 Å². The van der Waals surface area contributed by atoms with Crippen molar-refractivity contribution in [3.8, 4) is 0 Å². The molecule has 1 fully saturated rings. The van der Waals surface area contributed by atoms with Crippen LogP contribution < -0.4 is 0 Å². The first-order valence-corrected chi connectivity index (χ1v) is 6.88. The van der Waals surface area contributed by atoms with Crippen LogP contribution in [0.5, 0.6) is 0 Å². The standard InChI is InChI=1S/C14H29NO/c1-5-6-10-14(2,3)15-11-7-8-13(16-4)9-12-15/h13H,5-12H2,1-4H3. The molecule has 2 nitrogen and oxygen atoms in total. The largest absolute Gasteiger partial charge is 0.381 e. The molecular formula is C14H29NO. The van der Waals surface area contributed by atoms with Gasteiger partial charge in [-0.2, -0.15) is 0 Å². The highest BCUT2D eigenvalue weighted by atomic mass is 16.5. The van der Waals surface area contributed by atoms with Gasteiger partial charge in [0.1, 0.15) is 0 Å². The highest BCUT2D eigenvalue weighted by Gasteiger charge is 2.28. The maximum Gasteiger partial charge on any atom is 0.0584 e. The lowest BCUT2D eigenvalue weighted by atomic mass is 9.95. The average molecular weight is 227 g/mol. The maximum atomic E-state index is 5.49. The molecule has 1 aliphatic rings. The van der Waals surface area contributed by atoms with E-state index in [9.17, 15) is 0 Å². The summed E-state index contributed by atoms with van der Waals surface area (Å²) in [6, 6.07) is 0. The fourth-order valence-corrected chi connectivity index (χ4v) is 2.67. The number of hydrogen-bond acceptors (Lipinski definition) is 2. The number of likely N-dealkylation sites (tertiary alicyclic amines) is 1. The average Bonchev–Trinajstić information content (AvgIpc) is 2.51.